The summed E-state index contributed by atoms with van der Waals surface area (Å²) in [7, 11) is -4.03. The van der Waals surface area contributed by atoms with Gasteiger partial charge in [-0.3, -0.25) is 0 Å². The Morgan fingerprint density at radius 1 is 0.939 bits per heavy atom. The molecule has 0 amide bonds. The van der Waals surface area contributed by atoms with Crippen molar-refractivity contribution in [1.82, 2.24) is 0 Å². The van der Waals surface area contributed by atoms with Gasteiger partial charge in [-0.05, 0) is 75.4 Å². The molecule has 0 saturated carbocycles. The number of hydrogen-bond acceptors (Lipinski definition) is 5. The molecule has 0 unspecified atom stereocenters. The Hall–Kier alpha value is -2.97. The summed E-state index contributed by atoms with van der Waals surface area (Å²) in [6, 6.07) is 12.3. The van der Waals surface area contributed by atoms with E-state index in [1.54, 1.807) is 20.8 Å². The molecule has 0 saturated heterocycles. The van der Waals surface area contributed by atoms with Crippen LogP contribution in [0.3, 0.4) is 0 Å². The fourth-order valence-electron chi connectivity index (χ4n) is 3.00. The molecule has 0 N–H and O–H groups in total. The summed E-state index contributed by atoms with van der Waals surface area (Å²) < 4.78 is 65.3. The molecule has 0 aliphatic rings. The van der Waals surface area contributed by atoms with Crippen LogP contribution in [0.4, 0.5) is 8.78 Å². The highest BCUT2D eigenvalue weighted by atomic mass is 35.5. The summed E-state index contributed by atoms with van der Waals surface area (Å²) in [5.41, 5.74) is -0.802. The van der Waals surface area contributed by atoms with Gasteiger partial charge in [-0.25, -0.2) is 22.0 Å². The van der Waals surface area contributed by atoms with Crippen LogP contribution in [0.25, 0.3) is 11.1 Å². The lowest BCUT2D eigenvalue weighted by atomic mass is 10.0. The Labute approximate surface area is 195 Å². The maximum absolute atomic E-state index is 15.0. The van der Waals surface area contributed by atoms with Crippen molar-refractivity contribution < 1.29 is 31.5 Å². The molecule has 0 bridgehead atoms. The number of carbonyl (C=O) groups excluding carboxylic acids is 1. The van der Waals surface area contributed by atoms with E-state index < -0.39 is 39.6 Å². The van der Waals surface area contributed by atoms with Gasteiger partial charge in [0.2, 0.25) is 9.84 Å². The molecular formula is C24H21ClF2O5S. The molecule has 0 aliphatic heterocycles. The Morgan fingerprint density at radius 2 is 1.64 bits per heavy atom. The van der Waals surface area contributed by atoms with E-state index in [-0.39, 0.29) is 31.7 Å². The molecule has 0 atom stereocenters. The third-order valence-electron chi connectivity index (χ3n) is 4.35. The summed E-state index contributed by atoms with van der Waals surface area (Å²) in [4.78, 5) is 11.6. The third kappa shape index (κ3) is 6.09. The van der Waals surface area contributed by atoms with Crippen LogP contribution in [0.15, 0.2) is 70.5 Å². The fourth-order valence-corrected chi connectivity index (χ4v) is 4.57. The second-order valence-electron chi connectivity index (χ2n) is 8.12. The molecule has 174 valence electrons. The Kier molecular flexibility index (Phi) is 7.09. The maximum Gasteiger partial charge on any atom is 0.344 e. The zero-order valence-corrected chi connectivity index (χ0v) is 19.6. The first-order valence-corrected chi connectivity index (χ1v) is 11.7. The number of benzene rings is 3. The van der Waals surface area contributed by atoms with Crippen molar-refractivity contribution in [3.8, 4) is 16.9 Å². The van der Waals surface area contributed by atoms with Crippen molar-refractivity contribution in [3.05, 3.63) is 77.3 Å². The lowest BCUT2D eigenvalue weighted by Crippen LogP contribution is -2.27. The van der Waals surface area contributed by atoms with Gasteiger partial charge in [-0.15, -0.1) is 0 Å². The summed E-state index contributed by atoms with van der Waals surface area (Å²) in [5, 5.41) is 0.222. The number of esters is 1. The summed E-state index contributed by atoms with van der Waals surface area (Å²) in [6.07, 6.45) is 0. The molecule has 3 aromatic carbocycles. The smallest absolute Gasteiger partial charge is 0.344 e. The topological polar surface area (TPSA) is 69.7 Å². The van der Waals surface area contributed by atoms with Crippen molar-refractivity contribution in [2.24, 2.45) is 0 Å². The normalized spacial score (nSPS) is 11.8. The first-order chi connectivity index (χ1) is 15.4. The van der Waals surface area contributed by atoms with E-state index in [2.05, 4.69) is 0 Å². The van der Waals surface area contributed by atoms with Crippen LogP contribution in [0, 0.1) is 11.6 Å². The van der Waals surface area contributed by atoms with E-state index in [0.717, 1.165) is 18.2 Å². The summed E-state index contributed by atoms with van der Waals surface area (Å²) >= 11 is 5.87. The highest BCUT2D eigenvalue weighted by Crippen LogP contribution is 2.35. The largest absolute Gasteiger partial charge is 0.481 e. The number of carbonyl (C=O) groups is 1. The minimum atomic E-state index is -4.03. The molecule has 5 nitrogen and oxygen atoms in total. The van der Waals surface area contributed by atoms with E-state index in [4.69, 9.17) is 21.1 Å². The van der Waals surface area contributed by atoms with Gasteiger partial charge in [0.25, 0.3) is 0 Å². The van der Waals surface area contributed by atoms with Crippen molar-refractivity contribution in [2.45, 2.75) is 36.2 Å². The van der Waals surface area contributed by atoms with Gasteiger partial charge in [0.1, 0.15) is 23.0 Å². The highest BCUT2D eigenvalue weighted by molar-refractivity contribution is 7.91. The second-order valence-corrected chi connectivity index (χ2v) is 10.5. The quantitative estimate of drug-likeness (QED) is 0.403. The van der Waals surface area contributed by atoms with Crippen molar-refractivity contribution in [1.29, 1.82) is 0 Å². The van der Waals surface area contributed by atoms with Gasteiger partial charge in [-0.1, -0.05) is 17.7 Å². The Balaban J connectivity index is 1.94. The zero-order chi connectivity index (χ0) is 24.4. The molecule has 33 heavy (non-hydrogen) atoms. The number of halogens is 3. The monoisotopic (exact) mass is 494 g/mol. The number of ether oxygens (including phenoxy) is 2. The van der Waals surface area contributed by atoms with E-state index >= 15 is 4.39 Å². The van der Waals surface area contributed by atoms with Gasteiger partial charge in [0, 0.05) is 16.1 Å². The van der Waals surface area contributed by atoms with Crippen molar-refractivity contribution in [3.63, 3.8) is 0 Å². The predicted molar refractivity (Wildman–Crippen MR) is 120 cm³/mol. The molecular weight excluding hydrogens is 474 g/mol. The molecule has 0 radical (unpaired) electrons. The molecule has 3 aromatic rings. The van der Waals surface area contributed by atoms with Gasteiger partial charge < -0.3 is 9.47 Å². The second kappa shape index (κ2) is 9.49. The standard InChI is InChI=1S/C24H21ClF2O5S/c1-24(2,3)32-23(28)14-31-22-10-7-16(26)12-20(22)19-9-8-18(13-21(19)27)33(29,30)17-6-4-5-15(25)11-17/h4-13H,14H2,1-3H3. The van der Waals surface area contributed by atoms with Crippen LogP contribution in [0.1, 0.15) is 20.8 Å². The highest BCUT2D eigenvalue weighted by Gasteiger charge is 2.22. The molecule has 0 heterocycles. The fraction of sp³-hybridized carbons (Fsp3) is 0.208. The van der Waals surface area contributed by atoms with Crippen LogP contribution in [-0.4, -0.2) is 26.6 Å². The summed E-state index contributed by atoms with van der Waals surface area (Å²) in [6.45, 7) is 4.62. The van der Waals surface area contributed by atoms with Crippen molar-refractivity contribution in [2.75, 3.05) is 6.61 Å². The van der Waals surface area contributed by atoms with Crippen LogP contribution in [-0.2, 0) is 19.4 Å². The number of rotatable bonds is 6. The molecule has 0 fully saturated rings. The third-order valence-corrected chi connectivity index (χ3v) is 6.34. The van der Waals surface area contributed by atoms with Crippen LogP contribution in [0.2, 0.25) is 5.02 Å². The average Bonchev–Trinajstić information content (AvgIpc) is 2.71. The maximum atomic E-state index is 15.0. The lowest BCUT2D eigenvalue weighted by Gasteiger charge is -2.20. The Bertz CT molecular complexity index is 1300. The average molecular weight is 495 g/mol. The van der Waals surface area contributed by atoms with Gasteiger partial charge in [0.15, 0.2) is 6.61 Å². The minimum Gasteiger partial charge on any atom is -0.481 e. The van der Waals surface area contributed by atoms with Gasteiger partial charge >= 0.3 is 5.97 Å². The molecule has 0 aliphatic carbocycles. The first kappa shape index (κ1) is 24.7. The van der Waals surface area contributed by atoms with Crippen LogP contribution in [0.5, 0.6) is 5.75 Å². The Morgan fingerprint density at radius 3 is 2.27 bits per heavy atom. The molecule has 0 aromatic heterocycles. The van der Waals surface area contributed by atoms with E-state index in [0.29, 0.717) is 0 Å². The number of sulfone groups is 1. The molecule has 3 rings (SSSR count). The van der Waals surface area contributed by atoms with Gasteiger partial charge in [-0.2, -0.15) is 0 Å². The summed E-state index contributed by atoms with van der Waals surface area (Å²) in [5.74, 6) is -2.19. The van der Waals surface area contributed by atoms with Crippen LogP contribution >= 0.6 is 11.6 Å². The zero-order valence-electron chi connectivity index (χ0n) is 18.1. The minimum absolute atomic E-state index is 0.0164. The van der Waals surface area contributed by atoms with Crippen LogP contribution < -0.4 is 4.74 Å². The van der Waals surface area contributed by atoms with E-state index in [1.165, 1.54) is 42.5 Å². The lowest BCUT2D eigenvalue weighted by molar-refractivity contribution is -0.157. The molecule has 0 spiro atoms. The number of hydrogen-bond donors (Lipinski definition) is 0. The van der Waals surface area contributed by atoms with E-state index in [9.17, 15) is 17.6 Å². The van der Waals surface area contributed by atoms with Gasteiger partial charge in [0.05, 0.1) is 9.79 Å². The molecule has 9 heteroatoms. The first-order valence-electron chi connectivity index (χ1n) is 9.81. The van der Waals surface area contributed by atoms with E-state index in [1.807, 2.05) is 0 Å². The predicted octanol–water partition coefficient (Wildman–Crippen LogP) is 5.84. The SMILES string of the molecule is CC(C)(C)OC(=O)COc1ccc(F)cc1-c1ccc(S(=O)(=O)c2cccc(Cl)c2)cc1F. The van der Waals surface area contributed by atoms with Crippen molar-refractivity contribution >= 4 is 27.4 Å².